The molecule has 2 amide bonds. The predicted octanol–water partition coefficient (Wildman–Crippen LogP) is 6.97. The van der Waals surface area contributed by atoms with E-state index in [4.69, 9.17) is 23.2 Å². The smallest absolute Gasteiger partial charge is 0.264 e. The van der Waals surface area contributed by atoms with Crippen LogP contribution in [0.15, 0.2) is 102 Å². The van der Waals surface area contributed by atoms with Crippen molar-refractivity contribution in [3.63, 3.8) is 0 Å². The molecule has 1 atom stereocenters. The maximum atomic E-state index is 14.5. The molecule has 0 radical (unpaired) electrons. The lowest BCUT2D eigenvalue weighted by Gasteiger charge is -2.34. The number of sulfonamides is 1. The van der Waals surface area contributed by atoms with Crippen LogP contribution >= 0.6 is 23.2 Å². The second kappa shape index (κ2) is 15.0. The number of nitrogens with one attached hydrogen (secondary N) is 1. The van der Waals surface area contributed by atoms with Crippen molar-refractivity contribution in [2.75, 3.05) is 10.8 Å². The molecule has 45 heavy (non-hydrogen) atoms. The van der Waals surface area contributed by atoms with E-state index in [1.54, 1.807) is 42.5 Å². The van der Waals surface area contributed by atoms with Crippen molar-refractivity contribution in [3.05, 3.63) is 129 Å². The van der Waals surface area contributed by atoms with Gasteiger partial charge in [-0.15, -0.1) is 0 Å². The summed E-state index contributed by atoms with van der Waals surface area (Å²) in [6, 6.07) is 26.6. The molecule has 4 aromatic rings. The van der Waals surface area contributed by atoms with E-state index < -0.39 is 28.5 Å². The van der Waals surface area contributed by atoms with E-state index in [9.17, 15) is 18.0 Å². The van der Waals surface area contributed by atoms with Gasteiger partial charge in [0.05, 0.1) is 10.6 Å². The summed E-state index contributed by atoms with van der Waals surface area (Å²) in [5.41, 5.74) is 3.42. The third kappa shape index (κ3) is 8.87. The highest BCUT2D eigenvalue weighted by Crippen LogP contribution is 2.29. The molecule has 0 aromatic heterocycles. The largest absolute Gasteiger partial charge is 0.352 e. The number of aryl methyl sites for hydroxylation is 2. The highest BCUT2D eigenvalue weighted by molar-refractivity contribution is 7.92. The van der Waals surface area contributed by atoms with Crippen LogP contribution in [-0.2, 0) is 32.6 Å². The first-order chi connectivity index (χ1) is 21.3. The molecular formula is C35H37Cl2N3O4S. The molecule has 1 N–H and O–H groups in total. The Morgan fingerprint density at radius 3 is 2.11 bits per heavy atom. The number of anilines is 1. The molecule has 0 bridgehead atoms. The maximum absolute atomic E-state index is 14.5. The lowest BCUT2D eigenvalue weighted by atomic mass is 10.0. The summed E-state index contributed by atoms with van der Waals surface area (Å²) in [5, 5.41) is 3.78. The summed E-state index contributed by atoms with van der Waals surface area (Å²) in [6.07, 6.45) is 0.215. The zero-order valence-corrected chi connectivity index (χ0v) is 28.0. The molecule has 4 aromatic carbocycles. The monoisotopic (exact) mass is 665 g/mol. The minimum Gasteiger partial charge on any atom is -0.352 e. The molecule has 0 saturated heterocycles. The van der Waals surface area contributed by atoms with Crippen molar-refractivity contribution in [2.45, 2.75) is 57.6 Å². The van der Waals surface area contributed by atoms with Crippen LogP contribution < -0.4 is 9.62 Å². The Hall–Kier alpha value is -3.85. The van der Waals surface area contributed by atoms with Crippen LogP contribution in [0, 0.1) is 13.8 Å². The SMILES string of the molecule is Cc1ccc(S(=O)(=O)N(CC(=O)N(Cc2cccc(Cl)c2)[C@@H](Cc2ccccc2)C(=O)NC(C)C)c2ccc(C)c(Cl)c2)cc1. The molecule has 0 fully saturated rings. The van der Waals surface area contributed by atoms with Crippen molar-refractivity contribution in [1.82, 2.24) is 10.2 Å². The Labute approximate surface area is 275 Å². The van der Waals surface area contributed by atoms with Crippen molar-refractivity contribution in [2.24, 2.45) is 0 Å². The Bertz CT molecular complexity index is 1750. The summed E-state index contributed by atoms with van der Waals surface area (Å²) < 4.78 is 29.4. The molecule has 0 aliphatic carbocycles. The first-order valence-corrected chi connectivity index (χ1v) is 16.8. The second-order valence-corrected chi connectivity index (χ2v) is 14.0. The average molecular weight is 667 g/mol. The van der Waals surface area contributed by atoms with Gasteiger partial charge in [-0.2, -0.15) is 0 Å². The summed E-state index contributed by atoms with van der Waals surface area (Å²) >= 11 is 12.7. The molecule has 236 valence electrons. The van der Waals surface area contributed by atoms with Crippen LogP contribution in [0.25, 0.3) is 0 Å². The topological polar surface area (TPSA) is 86.8 Å². The zero-order chi connectivity index (χ0) is 32.7. The molecule has 4 rings (SSSR count). The van der Waals surface area contributed by atoms with Crippen LogP contribution in [0.2, 0.25) is 10.0 Å². The quantitative estimate of drug-likeness (QED) is 0.177. The first-order valence-electron chi connectivity index (χ1n) is 14.6. The fourth-order valence-electron chi connectivity index (χ4n) is 4.87. The van der Waals surface area contributed by atoms with Gasteiger partial charge in [0.15, 0.2) is 0 Å². The number of carbonyl (C=O) groups excluding carboxylic acids is 2. The number of hydrogen-bond donors (Lipinski definition) is 1. The highest BCUT2D eigenvalue weighted by Gasteiger charge is 2.35. The normalized spacial score (nSPS) is 12.1. The van der Waals surface area contributed by atoms with E-state index in [0.29, 0.717) is 15.6 Å². The summed E-state index contributed by atoms with van der Waals surface area (Å²) in [5.74, 6) is -0.919. The molecule has 0 aliphatic rings. The van der Waals surface area contributed by atoms with Gasteiger partial charge in [0.2, 0.25) is 11.8 Å². The average Bonchev–Trinajstić information content (AvgIpc) is 2.99. The highest BCUT2D eigenvalue weighted by atomic mass is 35.5. The van der Waals surface area contributed by atoms with Gasteiger partial charge in [-0.1, -0.05) is 89.4 Å². The Kier molecular flexibility index (Phi) is 11.3. The van der Waals surface area contributed by atoms with Gasteiger partial charge < -0.3 is 10.2 Å². The third-order valence-electron chi connectivity index (χ3n) is 7.28. The zero-order valence-electron chi connectivity index (χ0n) is 25.7. The minimum atomic E-state index is -4.23. The molecular weight excluding hydrogens is 629 g/mol. The predicted molar refractivity (Wildman–Crippen MR) is 181 cm³/mol. The molecule has 7 nitrogen and oxygen atoms in total. The van der Waals surface area contributed by atoms with E-state index in [0.717, 1.165) is 21.0 Å². The first kappa shape index (κ1) is 34.0. The van der Waals surface area contributed by atoms with Crippen LogP contribution in [0.5, 0.6) is 0 Å². The molecule has 0 spiro atoms. The minimum absolute atomic E-state index is 0.0233. The standard InChI is InChI=1S/C35H37Cl2N3O4S/c1-24(2)38-35(42)33(20-27-9-6-5-7-10-27)39(22-28-11-8-12-29(36)19-28)34(41)23-40(30-16-15-26(4)32(37)21-30)45(43,44)31-17-13-25(3)14-18-31/h5-19,21,24,33H,20,22-23H2,1-4H3,(H,38,42)/t33-/m0/s1. The summed E-state index contributed by atoms with van der Waals surface area (Å²) in [7, 11) is -4.23. The molecule has 0 aliphatic heterocycles. The third-order valence-corrected chi connectivity index (χ3v) is 9.71. The van der Waals surface area contributed by atoms with Gasteiger partial charge in [0, 0.05) is 29.1 Å². The number of benzene rings is 4. The van der Waals surface area contributed by atoms with E-state index >= 15 is 0 Å². The molecule has 0 heterocycles. The van der Waals surface area contributed by atoms with E-state index in [1.165, 1.54) is 23.1 Å². The van der Waals surface area contributed by atoms with E-state index in [2.05, 4.69) is 5.32 Å². The molecule has 10 heteroatoms. The van der Waals surface area contributed by atoms with Gasteiger partial charge >= 0.3 is 0 Å². The number of halogens is 2. The van der Waals surface area contributed by atoms with Crippen molar-refractivity contribution in [1.29, 1.82) is 0 Å². The molecule has 0 saturated carbocycles. The van der Waals surface area contributed by atoms with Crippen LogP contribution in [0.3, 0.4) is 0 Å². The van der Waals surface area contributed by atoms with Crippen molar-refractivity contribution < 1.29 is 18.0 Å². The number of rotatable bonds is 12. The van der Waals surface area contributed by atoms with Gasteiger partial charge in [-0.25, -0.2) is 8.42 Å². The van der Waals surface area contributed by atoms with Crippen molar-refractivity contribution in [3.8, 4) is 0 Å². The Morgan fingerprint density at radius 2 is 1.49 bits per heavy atom. The Morgan fingerprint density at radius 1 is 0.822 bits per heavy atom. The van der Waals surface area contributed by atoms with Gasteiger partial charge in [0.1, 0.15) is 12.6 Å². The number of hydrogen-bond acceptors (Lipinski definition) is 4. The van der Waals surface area contributed by atoms with Crippen LogP contribution in [0.1, 0.15) is 36.1 Å². The van der Waals surface area contributed by atoms with Crippen molar-refractivity contribution >= 4 is 50.7 Å². The van der Waals surface area contributed by atoms with Gasteiger partial charge in [-0.3, -0.25) is 13.9 Å². The fourth-order valence-corrected chi connectivity index (χ4v) is 6.66. The van der Waals surface area contributed by atoms with Crippen LogP contribution in [0.4, 0.5) is 5.69 Å². The lowest BCUT2D eigenvalue weighted by Crippen LogP contribution is -2.54. The second-order valence-electron chi connectivity index (χ2n) is 11.3. The molecule has 0 unspecified atom stereocenters. The summed E-state index contributed by atoms with van der Waals surface area (Å²) in [6.45, 7) is 6.81. The number of carbonyl (C=O) groups is 2. The number of nitrogens with zero attached hydrogens (tertiary/aromatic N) is 2. The lowest BCUT2D eigenvalue weighted by molar-refractivity contribution is -0.140. The fraction of sp³-hybridized carbons (Fsp3) is 0.257. The Balaban J connectivity index is 1.82. The van der Waals surface area contributed by atoms with Gasteiger partial charge in [0.25, 0.3) is 10.0 Å². The van der Waals surface area contributed by atoms with E-state index in [-0.39, 0.29) is 35.5 Å². The summed E-state index contributed by atoms with van der Waals surface area (Å²) in [4.78, 5) is 29.7. The van der Waals surface area contributed by atoms with E-state index in [1.807, 2.05) is 64.1 Å². The maximum Gasteiger partial charge on any atom is 0.264 e. The number of amides is 2. The van der Waals surface area contributed by atoms with Gasteiger partial charge in [-0.05, 0) is 80.8 Å². The van der Waals surface area contributed by atoms with Crippen LogP contribution in [-0.4, -0.2) is 43.8 Å².